The number of fused-ring (bicyclic) bond motifs is 3. The van der Waals surface area contributed by atoms with Crippen LogP contribution in [0.2, 0.25) is 0 Å². The molecule has 7 heteroatoms. The molecule has 0 saturated carbocycles. The van der Waals surface area contributed by atoms with Gasteiger partial charge in [0.05, 0.1) is 17.9 Å². The summed E-state index contributed by atoms with van der Waals surface area (Å²) < 4.78 is 34.6. The minimum atomic E-state index is -1.10. The van der Waals surface area contributed by atoms with Gasteiger partial charge < -0.3 is 14.2 Å². The third kappa shape index (κ3) is 3.71. The number of carbonyl (C=O) groups excluding carboxylic acids is 2. The number of ether oxygens (including phenoxy) is 1. The number of esters is 1. The topological polar surface area (TPSA) is 51.5 Å². The molecule has 0 spiro atoms. The molecule has 5 nitrogen and oxygen atoms in total. The number of aromatic nitrogens is 1. The molecule has 4 rings (SSSR count). The molecule has 0 bridgehead atoms. The van der Waals surface area contributed by atoms with E-state index < -0.39 is 28.9 Å². The second-order valence-corrected chi connectivity index (χ2v) is 8.96. The molecule has 0 saturated heterocycles. The number of hydrogen-bond donors (Lipinski definition) is 0. The maximum absolute atomic E-state index is 13.8. The molecular formula is C26H26F2N2O3. The third-order valence-corrected chi connectivity index (χ3v) is 6.14. The van der Waals surface area contributed by atoms with Gasteiger partial charge in [0.2, 0.25) is 0 Å². The molecule has 1 amide bonds. The quantitative estimate of drug-likeness (QED) is 0.520. The first-order chi connectivity index (χ1) is 15.6. The van der Waals surface area contributed by atoms with Crippen LogP contribution < -0.4 is 0 Å². The van der Waals surface area contributed by atoms with Crippen LogP contribution in [0.5, 0.6) is 0 Å². The number of halogens is 2. The summed E-state index contributed by atoms with van der Waals surface area (Å²) in [5.41, 5.74) is 3.33. The molecule has 0 atom stereocenters. The fraction of sp³-hybridized carbons (Fsp3) is 0.308. The summed E-state index contributed by atoms with van der Waals surface area (Å²) in [5.74, 6) is -3.21. The zero-order valence-electron chi connectivity index (χ0n) is 19.3. The molecule has 0 radical (unpaired) electrons. The van der Waals surface area contributed by atoms with Gasteiger partial charge in [0.1, 0.15) is 0 Å². The molecule has 1 aliphatic heterocycles. The summed E-state index contributed by atoms with van der Waals surface area (Å²) in [4.78, 5) is 27.8. The summed E-state index contributed by atoms with van der Waals surface area (Å²) in [5, 5.41) is 1.03. The molecule has 0 unspecified atom stereocenters. The lowest BCUT2D eigenvalue weighted by Crippen LogP contribution is -2.37. The molecule has 1 aromatic heterocycles. The predicted molar refractivity (Wildman–Crippen MR) is 123 cm³/mol. The standard InChI is InChI=1S/C26H26F2N2O3/c1-6-33-25(32)17-13-30(24(31)16-10-11-18(27)19(28)12-16)14-26(3,4)22-21-15(2)8-7-9-20(21)29(5)23(17)22/h7-13H,6,14H2,1-5H3. The highest BCUT2D eigenvalue weighted by molar-refractivity contribution is 6.19. The van der Waals surface area contributed by atoms with Gasteiger partial charge in [-0.1, -0.05) is 26.0 Å². The monoisotopic (exact) mass is 452 g/mol. The highest BCUT2D eigenvalue weighted by atomic mass is 19.2. The maximum Gasteiger partial charge on any atom is 0.341 e. The smallest absolute Gasteiger partial charge is 0.341 e. The summed E-state index contributed by atoms with van der Waals surface area (Å²) in [6.07, 6.45) is 1.48. The summed E-state index contributed by atoms with van der Waals surface area (Å²) in [7, 11) is 1.89. The maximum atomic E-state index is 13.8. The molecule has 0 fully saturated rings. The first-order valence-corrected chi connectivity index (χ1v) is 10.8. The van der Waals surface area contributed by atoms with E-state index >= 15 is 0 Å². The van der Waals surface area contributed by atoms with Crippen LogP contribution >= 0.6 is 0 Å². The van der Waals surface area contributed by atoms with Crippen molar-refractivity contribution in [2.75, 3.05) is 13.2 Å². The second kappa shape index (κ2) is 8.14. The number of rotatable bonds is 3. The lowest BCUT2D eigenvalue weighted by Gasteiger charge is -2.30. The molecule has 1 aliphatic rings. The van der Waals surface area contributed by atoms with E-state index in [1.165, 1.54) is 17.2 Å². The molecule has 2 heterocycles. The molecule has 3 aromatic rings. The summed E-state index contributed by atoms with van der Waals surface area (Å²) in [6, 6.07) is 9.02. The van der Waals surface area contributed by atoms with Crippen molar-refractivity contribution in [3.63, 3.8) is 0 Å². The van der Waals surface area contributed by atoms with Gasteiger partial charge in [-0.15, -0.1) is 0 Å². The second-order valence-electron chi connectivity index (χ2n) is 8.96. The van der Waals surface area contributed by atoms with E-state index in [2.05, 4.69) is 0 Å². The summed E-state index contributed by atoms with van der Waals surface area (Å²) in [6.45, 7) is 8.15. The zero-order valence-corrected chi connectivity index (χ0v) is 19.3. The van der Waals surface area contributed by atoms with E-state index in [1.54, 1.807) is 6.92 Å². The van der Waals surface area contributed by atoms with Crippen molar-refractivity contribution in [2.24, 2.45) is 7.05 Å². The Balaban J connectivity index is 1.97. The number of aryl methyl sites for hydroxylation is 2. The minimum absolute atomic E-state index is 0.00356. The van der Waals surface area contributed by atoms with Gasteiger partial charge in [-0.3, -0.25) is 4.79 Å². The Labute approximate surface area is 191 Å². The number of benzene rings is 2. The van der Waals surface area contributed by atoms with E-state index in [9.17, 15) is 18.4 Å². The van der Waals surface area contributed by atoms with Gasteiger partial charge in [0, 0.05) is 41.7 Å². The Morgan fingerprint density at radius 1 is 1.12 bits per heavy atom. The minimum Gasteiger partial charge on any atom is -0.462 e. The molecule has 0 aliphatic carbocycles. The van der Waals surface area contributed by atoms with Gasteiger partial charge >= 0.3 is 5.97 Å². The van der Waals surface area contributed by atoms with Crippen molar-refractivity contribution in [3.05, 3.63) is 76.6 Å². The van der Waals surface area contributed by atoms with Crippen LogP contribution in [0.1, 0.15) is 48.0 Å². The Kier molecular flexibility index (Phi) is 5.60. The normalized spacial score (nSPS) is 15.1. The van der Waals surface area contributed by atoms with Gasteiger partial charge in [-0.25, -0.2) is 13.6 Å². The molecule has 2 aromatic carbocycles. The Morgan fingerprint density at radius 3 is 2.52 bits per heavy atom. The van der Waals surface area contributed by atoms with E-state index in [0.717, 1.165) is 34.2 Å². The van der Waals surface area contributed by atoms with E-state index in [0.29, 0.717) is 5.69 Å². The molecular weight excluding hydrogens is 426 g/mol. The Morgan fingerprint density at radius 2 is 1.85 bits per heavy atom. The lowest BCUT2D eigenvalue weighted by atomic mass is 9.81. The van der Waals surface area contributed by atoms with Crippen LogP contribution in [-0.4, -0.2) is 34.5 Å². The fourth-order valence-electron chi connectivity index (χ4n) is 4.69. The first kappa shape index (κ1) is 22.7. The highest BCUT2D eigenvalue weighted by Gasteiger charge is 2.39. The number of carbonyl (C=O) groups is 2. The number of amides is 1. The Hall–Kier alpha value is -3.48. The fourth-order valence-corrected chi connectivity index (χ4v) is 4.69. The predicted octanol–water partition coefficient (Wildman–Crippen LogP) is 5.10. The van der Waals surface area contributed by atoms with Gasteiger partial charge in [0.25, 0.3) is 5.91 Å². The van der Waals surface area contributed by atoms with Crippen molar-refractivity contribution in [1.29, 1.82) is 0 Å². The van der Waals surface area contributed by atoms with Gasteiger partial charge in [-0.2, -0.15) is 0 Å². The molecule has 0 N–H and O–H groups in total. The van der Waals surface area contributed by atoms with Crippen LogP contribution in [0.4, 0.5) is 8.78 Å². The van der Waals surface area contributed by atoms with Crippen LogP contribution in [0, 0.1) is 18.6 Å². The number of nitrogens with zero attached hydrogens (tertiary/aromatic N) is 2. The zero-order chi connectivity index (χ0) is 24.1. The molecule has 172 valence electrons. The lowest BCUT2D eigenvalue weighted by molar-refractivity contribution is -0.136. The summed E-state index contributed by atoms with van der Waals surface area (Å²) >= 11 is 0. The average molecular weight is 453 g/mol. The van der Waals surface area contributed by atoms with Crippen molar-refractivity contribution in [2.45, 2.75) is 33.1 Å². The van der Waals surface area contributed by atoms with E-state index in [-0.39, 0.29) is 24.3 Å². The van der Waals surface area contributed by atoms with Gasteiger partial charge in [-0.05, 0) is 49.2 Å². The largest absolute Gasteiger partial charge is 0.462 e. The van der Waals surface area contributed by atoms with Crippen LogP contribution in [-0.2, 0) is 22.0 Å². The third-order valence-electron chi connectivity index (χ3n) is 6.14. The molecule has 33 heavy (non-hydrogen) atoms. The van der Waals surface area contributed by atoms with Crippen molar-refractivity contribution >= 4 is 28.4 Å². The van der Waals surface area contributed by atoms with Crippen molar-refractivity contribution < 1.29 is 23.1 Å². The SMILES string of the molecule is CCOC(=O)C1=CN(C(=O)c2ccc(F)c(F)c2)CC(C)(C)c2c1n(C)c1cccc(C)c21. The van der Waals surface area contributed by atoms with E-state index in [1.807, 2.05) is 50.6 Å². The van der Waals surface area contributed by atoms with Crippen molar-refractivity contribution in [3.8, 4) is 0 Å². The van der Waals surface area contributed by atoms with Crippen LogP contribution in [0.15, 0.2) is 42.6 Å². The van der Waals surface area contributed by atoms with Crippen LogP contribution in [0.25, 0.3) is 16.5 Å². The first-order valence-electron chi connectivity index (χ1n) is 10.8. The highest BCUT2D eigenvalue weighted by Crippen LogP contribution is 2.43. The van der Waals surface area contributed by atoms with Crippen molar-refractivity contribution in [1.82, 2.24) is 9.47 Å². The average Bonchev–Trinajstić information content (AvgIpc) is 3.00. The van der Waals surface area contributed by atoms with Crippen LogP contribution in [0.3, 0.4) is 0 Å². The van der Waals surface area contributed by atoms with Gasteiger partial charge in [0.15, 0.2) is 11.6 Å². The van der Waals surface area contributed by atoms with E-state index in [4.69, 9.17) is 4.74 Å². The number of hydrogen-bond acceptors (Lipinski definition) is 3. The Bertz CT molecular complexity index is 1320.